The van der Waals surface area contributed by atoms with Gasteiger partial charge in [-0.05, 0) is 44.5 Å². The quantitative estimate of drug-likeness (QED) is 0.544. The van der Waals surface area contributed by atoms with Crippen LogP contribution in [0.3, 0.4) is 0 Å². The Morgan fingerprint density at radius 1 is 1.27 bits per heavy atom. The zero-order valence-electron chi connectivity index (χ0n) is 17.4. The predicted molar refractivity (Wildman–Crippen MR) is 105 cm³/mol. The summed E-state index contributed by atoms with van der Waals surface area (Å²) in [4.78, 5) is 13.3. The first-order valence-corrected chi connectivity index (χ1v) is 9.41. The van der Waals surface area contributed by atoms with Crippen molar-refractivity contribution in [3.8, 4) is 11.5 Å². The Bertz CT molecular complexity index is 871. The summed E-state index contributed by atoms with van der Waals surface area (Å²) in [5, 5.41) is 3.88. The molecule has 0 atom stereocenters. The Hall–Kier alpha value is -2.97. The van der Waals surface area contributed by atoms with Crippen molar-refractivity contribution in [2.24, 2.45) is 0 Å². The van der Waals surface area contributed by atoms with Gasteiger partial charge in [-0.15, -0.1) is 0 Å². The second-order valence-corrected chi connectivity index (χ2v) is 6.62. The molecule has 0 aliphatic heterocycles. The average molecular weight is 426 g/mol. The third kappa shape index (κ3) is 6.53. The third-order valence-electron chi connectivity index (χ3n) is 4.52. The van der Waals surface area contributed by atoms with Crippen molar-refractivity contribution in [1.82, 2.24) is 10.1 Å². The van der Waals surface area contributed by atoms with Crippen LogP contribution < -0.4 is 9.47 Å². The van der Waals surface area contributed by atoms with Crippen molar-refractivity contribution in [3.63, 3.8) is 0 Å². The van der Waals surface area contributed by atoms with E-state index >= 15 is 0 Å². The molecule has 0 saturated carbocycles. The number of halogens is 3. The summed E-state index contributed by atoms with van der Waals surface area (Å²) >= 11 is 0. The Morgan fingerprint density at radius 3 is 2.57 bits per heavy atom. The molecule has 0 bridgehead atoms. The number of carbonyl (C=O) groups is 1. The van der Waals surface area contributed by atoms with Crippen LogP contribution in [0, 0.1) is 13.8 Å². The van der Waals surface area contributed by atoms with E-state index in [2.05, 4.69) is 5.16 Å². The second kappa shape index (κ2) is 10.2. The highest BCUT2D eigenvalue weighted by atomic mass is 19.4. The molecule has 0 unspecified atom stereocenters. The maximum absolute atomic E-state index is 12.4. The Morgan fingerprint density at radius 2 is 2.00 bits per heavy atom. The fourth-order valence-electron chi connectivity index (χ4n) is 2.72. The number of rotatable bonds is 9. The van der Waals surface area contributed by atoms with Crippen molar-refractivity contribution in [1.29, 1.82) is 0 Å². The lowest BCUT2D eigenvalue weighted by Crippen LogP contribution is -2.32. The van der Waals surface area contributed by atoms with Crippen LogP contribution in [-0.2, 0) is 11.4 Å². The van der Waals surface area contributed by atoms with E-state index in [1.165, 1.54) is 19.3 Å². The van der Waals surface area contributed by atoms with Crippen LogP contribution in [0.15, 0.2) is 28.8 Å². The van der Waals surface area contributed by atoms with Gasteiger partial charge in [-0.1, -0.05) is 11.2 Å². The number of ether oxygens (including phenoxy) is 2. The molecule has 0 N–H and O–H groups in total. The second-order valence-electron chi connectivity index (χ2n) is 6.62. The van der Waals surface area contributed by atoms with Crippen molar-refractivity contribution in [2.45, 2.75) is 40.0 Å². The van der Waals surface area contributed by atoms with E-state index in [0.29, 0.717) is 22.8 Å². The van der Waals surface area contributed by atoms with Gasteiger partial charge < -0.3 is 18.9 Å². The molecule has 0 radical (unpaired) electrons. The monoisotopic (exact) mass is 426 g/mol. The summed E-state index contributed by atoms with van der Waals surface area (Å²) in [6.07, 6.45) is -2.56. The zero-order chi connectivity index (χ0) is 22.3. The van der Waals surface area contributed by atoms with Gasteiger partial charge in [0.1, 0.15) is 12.4 Å². The highest BCUT2D eigenvalue weighted by Crippen LogP contribution is 2.30. The topological polar surface area (TPSA) is 64.8 Å². The largest absolute Gasteiger partial charge is 0.493 e. The van der Waals surface area contributed by atoms with Crippen LogP contribution in [0.2, 0.25) is 0 Å². The highest BCUT2D eigenvalue weighted by Gasteiger charge is 2.28. The number of hydrogen-bond acceptors (Lipinski definition) is 5. The minimum absolute atomic E-state index is 0.192. The van der Waals surface area contributed by atoms with E-state index in [9.17, 15) is 18.0 Å². The molecule has 2 rings (SSSR count). The third-order valence-corrected chi connectivity index (χ3v) is 4.52. The van der Waals surface area contributed by atoms with E-state index < -0.39 is 18.5 Å². The van der Waals surface area contributed by atoms with Crippen molar-refractivity contribution in [2.75, 3.05) is 20.2 Å². The molecule has 1 heterocycles. The highest BCUT2D eigenvalue weighted by molar-refractivity contribution is 5.91. The number of alkyl halides is 3. The van der Waals surface area contributed by atoms with E-state index in [4.69, 9.17) is 14.0 Å². The molecule has 6 nitrogen and oxygen atoms in total. The summed E-state index contributed by atoms with van der Waals surface area (Å²) < 4.78 is 53.4. The maximum Gasteiger partial charge on any atom is 0.390 e. The van der Waals surface area contributed by atoms with Crippen LogP contribution in [0.25, 0.3) is 6.08 Å². The number of amides is 1. The number of nitrogens with zero attached hydrogens (tertiary/aromatic N) is 2. The summed E-state index contributed by atoms with van der Waals surface area (Å²) in [7, 11) is 1.49. The van der Waals surface area contributed by atoms with Gasteiger partial charge in [-0.3, -0.25) is 4.79 Å². The number of carbonyl (C=O) groups excluding carboxylic acids is 1. The SMILES string of the molecule is CCN(CCC(F)(F)F)C(=O)C=Cc1ccc(OCc2c(C)noc2C)c(OC)c1. The number of aromatic nitrogens is 1. The number of methoxy groups -OCH3 is 1. The van der Waals surface area contributed by atoms with Crippen LogP contribution >= 0.6 is 0 Å². The van der Waals surface area contributed by atoms with E-state index in [-0.39, 0.29) is 19.7 Å². The van der Waals surface area contributed by atoms with Crippen molar-refractivity contribution < 1.29 is 32.0 Å². The number of aryl methyl sites for hydroxylation is 2. The molecular weight excluding hydrogens is 401 g/mol. The molecule has 1 amide bonds. The number of hydrogen-bond donors (Lipinski definition) is 0. The molecule has 30 heavy (non-hydrogen) atoms. The lowest BCUT2D eigenvalue weighted by molar-refractivity contribution is -0.143. The molecule has 9 heteroatoms. The van der Waals surface area contributed by atoms with Gasteiger partial charge in [-0.25, -0.2) is 0 Å². The van der Waals surface area contributed by atoms with Crippen LogP contribution in [0.5, 0.6) is 11.5 Å². The summed E-state index contributed by atoms with van der Waals surface area (Å²) in [5.74, 6) is 1.15. The normalized spacial score (nSPS) is 11.7. The Labute approximate surface area is 173 Å². The van der Waals surface area contributed by atoms with E-state index in [1.807, 2.05) is 6.92 Å². The average Bonchev–Trinajstić information content (AvgIpc) is 3.02. The standard InChI is InChI=1S/C21H25F3N2O4/c1-5-26(11-10-21(22,23)24)20(27)9-7-16-6-8-18(19(12-16)28-4)29-13-17-14(2)25-30-15(17)3/h6-9,12H,5,10-11,13H2,1-4H3. The van der Waals surface area contributed by atoms with Crippen LogP contribution in [0.4, 0.5) is 13.2 Å². The molecular formula is C21H25F3N2O4. The first-order valence-electron chi connectivity index (χ1n) is 9.41. The smallest absolute Gasteiger partial charge is 0.390 e. The molecule has 1 aromatic carbocycles. The fraction of sp³-hybridized carbons (Fsp3) is 0.429. The van der Waals surface area contributed by atoms with Crippen LogP contribution in [-0.4, -0.2) is 42.3 Å². The lowest BCUT2D eigenvalue weighted by Gasteiger charge is -2.19. The molecule has 164 valence electrons. The first kappa shape index (κ1) is 23.3. The van der Waals surface area contributed by atoms with Gasteiger partial charge in [0.05, 0.1) is 24.8 Å². The van der Waals surface area contributed by atoms with Crippen molar-refractivity contribution in [3.05, 3.63) is 46.9 Å². The van der Waals surface area contributed by atoms with Crippen LogP contribution in [0.1, 0.15) is 35.9 Å². The molecule has 0 saturated heterocycles. The van der Waals surface area contributed by atoms with Gasteiger partial charge in [-0.2, -0.15) is 13.2 Å². The molecule has 1 aromatic heterocycles. The Balaban J connectivity index is 2.05. The van der Waals surface area contributed by atoms with E-state index in [0.717, 1.165) is 16.2 Å². The molecule has 0 aliphatic rings. The zero-order valence-corrected chi connectivity index (χ0v) is 17.4. The Kier molecular flexibility index (Phi) is 7.91. The molecule has 0 fully saturated rings. The first-order chi connectivity index (χ1) is 14.1. The summed E-state index contributed by atoms with van der Waals surface area (Å²) in [5.41, 5.74) is 2.25. The van der Waals surface area contributed by atoms with Gasteiger partial charge in [0.15, 0.2) is 11.5 Å². The summed E-state index contributed by atoms with van der Waals surface area (Å²) in [6.45, 7) is 5.34. The molecule has 2 aromatic rings. The lowest BCUT2D eigenvalue weighted by atomic mass is 10.1. The minimum atomic E-state index is -4.30. The van der Waals surface area contributed by atoms with E-state index in [1.54, 1.807) is 32.0 Å². The molecule has 0 aliphatic carbocycles. The minimum Gasteiger partial charge on any atom is -0.493 e. The number of likely N-dealkylation sites (N-methyl/N-ethyl adjacent to an activating group) is 1. The van der Waals surface area contributed by atoms with Gasteiger partial charge >= 0.3 is 6.18 Å². The predicted octanol–water partition coefficient (Wildman–Crippen LogP) is 4.69. The van der Waals surface area contributed by atoms with Gasteiger partial charge in [0, 0.05) is 19.2 Å². The summed E-state index contributed by atoms with van der Waals surface area (Å²) in [6, 6.07) is 5.10. The maximum atomic E-state index is 12.4. The van der Waals surface area contributed by atoms with Gasteiger partial charge in [0.25, 0.3) is 0 Å². The molecule has 0 spiro atoms. The van der Waals surface area contributed by atoms with Gasteiger partial charge in [0.2, 0.25) is 5.91 Å². The number of benzene rings is 1. The van der Waals surface area contributed by atoms with Crippen molar-refractivity contribution >= 4 is 12.0 Å². The fourth-order valence-corrected chi connectivity index (χ4v) is 2.72.